The molecule has 122 valence electrons. The molecule has 1 aliphatic rings. The van der Waals surface area contributed by atoms with Gasteiger partial charge in [0.05, 0.1) is 11.5 Å². The van der Waals surface area contributed by atoms with Crippen LogP contribution in [0.15, 0.2) is 18.2 Å². The van der Waals surface area contributed by atoms with E-state index in [-0.39, 0.29) is 0 Å². The Balaban J connectivity index is 2.51. The van der Waals surface area contributed by atoms with Gasteiger partial charge >= 0.3 is 5.97 Å². The number of allylic oxidation sites excluding steroid dienone is 2. The van der Waals surface area contributed by atoms with Crippen molar-refractivity contribution in [2.24, 2.45) is 16.7 Å². The van der Waals surface area contributed by atoms with E-state index in [4.69, 9.17) is 5.26 Å². The van der Waals surface area contributed by atoms with E-state index in [9.17, 15) is 27.5 Å². The molecule has 0 radical (unpaired) electrons. The first-order chi connectivity index (χ1) is 10.6. The van der Waals surface area contributed by atoms with Crippen molar-refractivity contribution in [3.05, 3.63) is 47.1 Å². The molecule has 1 saturated carbocycles. The lowest BCUT2D eigenvalue weighted by Gasteiger charge is -2.16. The molecule has 2 atom stereocenters. The van der Waals surface area contributed by atoms with Crippen LogP contribution < -0.4 is 0 Å². The van der Waals surface area contributed by atoms with Crippen LogP contribution in [0.3, 0.4) is 0 Å². The molecule has 1 aliphatic carbocycles. The second-order valence-corrected chi connectivity index (χ2v) is 6.10. The number of carbonyl (C=O) groups is 1. The summed E-state index contributed by atoms with van der Waals surface area (Å²) in [5, 5.41) is 18.1. The Bertz CT molecular complexity index is 751. The van der Waals surface area contributed by atoms with E-state index in [0.29, 0.717) is 6.07 Å². The third-order valence-corrected chi connectivity index (χ3v) is 4.77. The lowest BCUT2D eigenvalue weighted by atomic mass is 9.88. The SMILES string of the molecule is CC1(C)C(C=CC#N)C1(Cc1cc(F)c(F)c(F)c1F)C(=O)O. The number of halogens is 4. The molecule has 1 aromatic carbocycles. The number of rotatable bonds is 4. The first kappa shape index (κ1) is 17.0. The average Bonchev–Trinajstić information content (AvgIpc) is 2.96. The number of hydrogen-bond donors (Lipinski definition) is 1. The Morgan fingerprint density at radius 1 is 1.30 bits per heavy atom. The highest BCUT2D eigenvalue weighted by molar-refractivity contribution is 5.82. The van der Waals surface area contributed by atoms with Gasteiger partial charge in [-0.1, -0.05) is 19.9 Å². The fraction of sp³-hybridized carbons (Fsp3) is 0.375. The summed E-state index contributed by atoms with van der Waals surface area (Å²) in [4.78, 5) is 11.7. The molecule has 0 aliphatic heterocycles. The van der Waals surface area contributed by atoms with Crippen LogP contribution >= 0.6 is 0 Å². The van der Waals surface area contributed by atoms with Gasteiger partial charge in [-0.3, -0.25) is 4.79 Å². The van der Waals surface area contributed by atoms with Crippen molar-refractivity contribution < 1.29 is 27.5 Å². The molecule has 0 saturated heterocycles. The zero-order valence-electron chi connectivity index (χ0n) is 12.3. The van der Waals surface area contributed by atoms with Crippen molar-refractivity contribution in [3.8, 4) is 6.07 Å². The van der Waals surface area contributed by atoms with Crippen LogP contribution in [0.4, 0.5) is 17.6 Å². The van der Waals surface area contributed by atoms with Crippen molar-refractivity contribution in [2.45, 2.75) is 20.3 Å². The minimum atomic E-state index is -1.97. The van der Waals surface area contributed by atoms with E-state index < -0.39 is 58.0 Å². The number of carboxylic acids is 1. The van der Waals surface area contributed by atoms with Crippen LogP contribution in [0.5, 0.6) is 0 Å². The van der Waals surface area contributed by atoms with Crippen LogP contribution in [0.25, 0.3) is 0 Å². The van der Waals surface area contributed by atoms with Gasteiger partial charge in [0.15, 0.2) is 23.3 Å². The summed E-state index contributed by atoms with van der Waals surface area (Å²) < 4.78 is 53.5. The number of carboxylic acid groups (broad SMARTS) is 1. The van der Waals surface area contributed by atoms with Gasteiger partial charge in [0.1, 0.15) is 0 Å². The van der Waals surface area contributed by atoms with Crippen LogP contribution in [0.1, 0.15) is 19.4 Å². The molecular weight excluding hydrogens is 314 g/mol. The molecule has 3 nitrogen and oxygen atoms in total. The zero-order chi connectivity index (χ0) is 17.6. The van der Waals surface area contributed by atoms with Crippen LogP contribution in [-0.4, -0.2) is 11.1 Å². The molecule has 0 heterocycles. The number of benzene rings is 1. The lowest BCUT2D eigenvalue weighted by molar-refractivity contribution is -0.145. The van der Waals surface area contributed by atoms with E-state index >= 15 is 0 Å². The molecule has 0 amide bonds. The lowest BCUT2D eigenvalue weighted by Crippen LogP contribution is -2.25. The molecule has 1 N–H and O–H groups in total. The van der Waals surface area contributed by atoms with Gasteiger partial charge in [0, 0.05) is 12.0 Å². The van der Waals surface area contributed by atoms with Gasteiger partial charge in [-0.05, 0) is 23.5 Å². The molecule has 7 heteroatoms. The van der Waals surface area contributed by atoms with E-state index in [0.717, 1.165) is 6.08 Å². The fourth-order valence-corrected chi connectivity index (χ4v) is 3.31. The second kappa shape index (κ2) is 5.37. The summed E-state index contributed by atoms with van der Waals surface area (Å²) in [6.45, 7) is 3.20. The molecule has 0 aromatic heterocycles. The topological polar surface area (TPSA) is 61.1 Å². The Morgan fingerprint density at radius 2 is 1.91 bits per heavy atom. The highest BCUT2D eigenvalue weighted by Gasteiger charge is 2.74. The first-order valence-corrected chi connectivity index (χ1v) is 6.72. The van der Waals surface area contributed by atoms with E-state index in [2.05, 4.69) is 0 Å². The van der Waals surface area contributed by atoms with Crippen LogP contribution in [-0.2, 0) is 11.2 Å². The summed E-state index contributed by atoms with van der Waals surface area (Å²) in [5.41, 5.74) is -2.94. The summed E-state index contributed by atoms with van der Waals surface area (Å²) in [6, 6.07) is 2.21. The first-order valence-electron chi connectivity index (χ1n) is 6.72. The second-order valence-electron chi connectivity index (χ2n) is 6.10. The highest BCUT2D eigenvalue weighted by Crippen LogP contribution is 2.71. The molecular formula is C16H13F4NO2. The van der Waals surface area contributed by atoms with Gasteiger partial charge in [-0.2, -0.15) is 5.26 Å². The maximum absolute atomic E-state index is 13.8. The Labute approximate surface area is 129 Å². The van der Waals surface area contributed by atoms with Crippen molar-refractivity contribution >= 4 is 5.97 Å². The molecule has 1 aromatic rings. The monoisotopic (exact) mass is 327 g/mol. The molecule has 2 unspecified atom stereocenters. The Hall–Kier alpha value is -2.36. The standard InChI is InChI=1S/C16H13F4NO2/c1-15(2)10(4-3-5-21)16(15,14(22)23)7-8-6-9(17)12(19)13(20)11(8)18/h3-4,6,10H,7H2,1-2H3,(H,22,23). The fourth-order valence-electron chi connectivity index (χ4n) is 3.31. The maximum atomic E-state index is 13.8. The summed E-state index contributed by atoms with van der Waals surface area (Å²) >= 11 is 0. The third kappa shape index (κ3) is 2.29. The van der Waals surface area contributed by atoms with Crippen molar-refractivity contribution in [1.29, 1.82) is 5.26 Å². The third-order valence-electron chi connectivity index (χ3n) is 4.77. The molecule has 0 spiro atoms. The van der Waals surface area contributed by atoms with E-state index in [1.807, 2.05) is 0 Å². The van der Waals surface area contributed by atoms with Crippen molar-refractivity contribution in [3.63, 3.8) is 0 Å². The largest absolute Gasteiger partial charge is 0.481 e. The summed E-state index contributed by atoms with van der Waals surface area (Å²) in [5.74, 6) is -8.99. The quantitative estimate of drug-likeness (QED) is 0.398. The number of nitrogens with zero attached hydrogens (tertiary/aromatic N) is 1. The summed E-state index contributed by atoms with van der Waals surface area (Å²) in [6.07, 6.45) is 1.97. The smallest absolute Gasteiger partial charge is 0.311 e. The molecule has 1 fully saturated rings. The Morgan fingerprint density at radius 3 is 2.43 bits per heavy atom. The predicted octanol–water partition coefficient (Wildman–Crippen LogP) is 3.59. The van der Waals surface area contributed by atoms with Gasteiger partial charge < -0.3 is 5.11 Å². The number of aliphatic carboxylic acids is 1. The maximum Gasteiger partial charge on any atom is 0.311 e. The van der Waals surface area contributed by atoms with Gasteiger partial charge in [-0.15, -0.1) is 0 Å². The van der Waals surface area contributed by atoms with Gasteiger partial charge in [-0.25, -0.2) is 17.6 Å². The minimum Gasteiger partial charge on any atom is -0.481 e. The number of nitriles is 1. The zero-order valence-corrected chi connectivity index (χ0v) is 12.3. The van der Waals surface area contributed by atoms with E-state index in [1.54, 1.807) is 19.9 Å². The molecule has 23 heavy (non-hydrogen) atoms. The molecule has 0 bridgehead atoms. The van der Waals surface area contributed by atoms with Crippen molar-refractivity contribution in [1.82, 2.24) is 0 Å². The van der Waals surface area contributed by atoms with Crippen LogP contribution in [0.2, 0.25) is 0 Å². The van der Waals surface area contributed by atoms with Crippen molar-refractivity contribution in [2.75, 3.05) is 0 Å². The average molecular weight is 327 g/mol. The predicted molar refractivity (Wildman–Crippen MR) is 72.1 cm³/mol. The van der Waals surface area contributed by atoms with Gasteiger partial charge in [0.25, 0.3) is 0 Å². The number of hydrogen-bond acceptors (Lipinski definition) is 2. The Kier molecular flexibility index (Phi) is 3.97. The van der Waals surface area contributed by atoms with Gasteiger partial charge in [0.2, 0.25) is 0 Å². The van der Waals surface area contributed by atoms with E-state index in [1.165, 1.54) is 6.08 Å². The molecule has 2 rings (SSSR count). The normalized spacial score (nSPS) is 25.3. The summed E-state index contributed by atoms with van der Waals surface area (Å²) in [7, 11) is 0. The minimum absolute atomic E-state index is 0.470. The van der Waals surface area contributed by atoms with Crippen LogP contribution in [0, 0.1) is 51.3 Å². The highest BCUT2D eigenvalue weighted by atomic mass is 19.2.